The van der Waals surface area contributed by atoms with Gasteiger partial charge in [-0.25, -0.2) is 0 Å². The highest BCUT2D eigenvalue weighted by Crippen LogP contribution is 2.39. The maximum atomic E-state index is 2.49. The molecule has 0 unspecified atom stereocenters. The van der Waals surface area contributed by atoms with E-state index in [1.54, 1.807) is 5.57 Å². The van der Waals surface area contributed by atoms with E-state index in [1.807, 2.05) is 0 Å². The van der Waals surface area contributed by atoms with E-state index in [1.165, 1.54) is 47.2 Å². The van der Waals surface area contributed by atoms with Gasteiger partial charge in [-0.3, -0.25) is 0 Å². The minimum atomic E-state index is 1.10. The van der Waals surface area contributed by atoms with E-state index in [4.69, 9.17) is 0 Å². The number of aromatic nitrogens is 1. The summed E-state index contributed by atoms with van der Waals surface area (Å²) < 4.78 is 2.49. The number of rotatable bonds is 0. The van der Waals surface area contributed by atoms with Crippen LogP contribution in [-0.2, 0) is 6.54 Å². The Kier molecular flexibility index (Phi) is 1.94. The van der Waals surface area contributed by atoms with Gasteiger partial charge in [-0.15, -0.1) is 0 Å². The molecule has 0 saturated carbocycles. The molecule has 0 aliphatic carbocycles. The summed E-state index contributed by atoms with van der Waals surface area (Å²) in [6.07, 6.45) is 2.58. The lowest BCUT2D eigenvalue weighted by atomic mass is 10.0. The van der Waals surface area contributed by atoms with Gasteiger partial charge in [-0.2, -0.15) is 0 Å². The van der Waals surface area contributed by atoms with Crippen molar-refractivity contribution in [2.45, 2.75) is 26.3 Å². The number of aryl methyl sites for hydroxylation is 1. The Bertz CT molecular complexity index is 676. The molecule has 3 heterocycles. The maximum Gasteiger partial charge on any atom is 0.0658 e. The van der Waals surface area contributed by atoms with E-state index in [2.05, 4.69) is 47.7 Å². The standard InChI is InChI=1S/C16H18N2/c1-11-5-6-14-13(8-11)9-15-16-12(10-18(14)15)4-3-7-17(16)2/h5-6,8-9H,3-4,7,10H2,1-2H3. The van der Waals surface area contributed by atoms with Crippen LogP contribution < -0.4 is 0 Å². The fraction of sp³-hybridized carbons (Fsp3) is 0.375. The van der Waals surface area contributed by atoms with Crippen LogP contribution in [0.25, 0.3) is 16.6 Å². The molecule has 0 bridgehead atoms. The zero-order valence-electron chi connectivity index (χ0n) is 11.0. The summed E-state index contributed by atoms with van der Waals surface area (Å²) in [7, 11) is 2.23. The summed E-state index contributed by atoms with van der Waals surface area (Å²) in [6, 6.07) is 9.15. The molecular formula is C16H18N2. The van der Waals surface area contributed by atoms with E-state index in [0.29, 0.717) is 0 Å². The summed E-state index contributed by atoms with van der Waals surface area (Å²) in [5.41, 5.74) is 7.28. The van der Waals surface area contributed by atoms with E-state index < -0.39 is 0 Å². The van der Waals surface area contributed by atoms with Gasteiger partial charge in [-0.05, 0) is 43.5 Å². The molecule has 4 rings (SSSR count). The number of fused-ring (bicyclic) bond motifs is 4. The van der Waals surface area contributed by atoms with Gasteiger partial charge < -0.3 is 9.47 Å². The molecule has 2 aliphatic heterocycles. The molecule has 0 amide bonds. The minimum Gasteiger partial charge on any atom is -0.373 e. The first-order valence-electron chi connectivity index (χ1n) is 6.77. The Balaban J connectivity index is 1.96. The molecule has 1 aromatic carbocycles. The SMILES string of the molecule is Cc1ccc2c(c1)cc1n2CC2=C1N(C)CCC2. The van der Waals surface area contributed by atoms with Crippen molar-refractivity contribution in [3.63, 3.8) is 0 Å². The maximum absolute atomic E-state index is 2.49. The summed E-state index contributed by atoms with van der Waals surface area (Å²) in [4.78, 5) is 2.43. The summed E-state index contributed by atoms with van der Waals surface area (Å²) in [5, 5.41) is 1.38. The van der Waals surface area contributed by atoms with Crippen molar-refractivity contribution in [2.24, 2.45) is 0 Å². The first-order chi connectivity index (χ1) is 8.74. The second-order valence-corrected chi connectivity index (χ2v) is 5.66. The van der Waals surface area contributed by atoms with Gasteiger partial charge in [0, 0.05) is 31.0 Å². The van der Waals surface area contributed by atoms with E-state index >= 15 is 0 Å². The average Bonchev–Trinajstić information content (AvgIpc) is 2.84. The zero-order valence-corrected chi connectivity index (χ0v) is 11.0. The number of hydrogen-bond donors (Lipinski definition) is 0. The van der Waals surface area contributed by atoms with Crippen molar-refractivity contribution in [3.05, 3.63) is 41.1 Å². The van der Waals surface area contributed by atoms with Crippen molar-refractivity contribution in [1.82, 2.24) is 9.47 Å². The topological polar surface area (TPSA) is 8.17 Å². The van der Waals surface area contributed by atoms with Crippen LogP contribution in [-0.4, -0.2) is 23.1 Å². The normalized spacial score (nSPS) is 18.4. The largest absolute Gasteiger partial charge is 0.373 e. The fourth-order valence-electron chi connectivity index (χ4n) is 3.51. The monoisotopic (exact) mass is 238 g/mol. The molecule has 0 saturated heterocycles. The van der Waals surface area contributed by atoms with E-state index in [0.717, 1.165) is 6.54 Å². The van der Waals surface area contributed by atoms with E-state index in [-0.39, 0.29) is 0 Å². The van der Waals surface area contributed by atoms with Crippen molar-refractivity contribution >= 4 is 16.6 Å². The molecule has 1 aromatic heterocycles. The molecule has 0 atom stereocenters. The highest BCUT2D eigenvalue weighted by Gasteiger charge is 2.28. The van der Waals surface area contributed by atoms with Gasteiger partial charge in [0.1, 0.15) is 0 Å². The second-order valence-electron chi connectivity index (χ2n) is 5.66. The van der Waals surface area contributed by atoms with Crippen molar-refractivity contribution in [1.29, 1.82) is 0 Å². The summed E-state index contributed by atoms with van der Waals surface area (Å²) >= 11 is 0. The van der Waals surface area contributed by atoms with Crippen LogP contribution in [0.4, 0.5) is 0 Å². The first-order valence-corrected chi connectivity index (χ1v) is 6.77. The molecule has 0 radical (unpaired) electrons. The average molecular weight is 238 g/mol. The summed E-state index contributed by atoms with van der Waals surface area (Å²) in [5.74, 6) is 0. The summed E-state index contributed by atoms with van der Waals surface area (Å²) in [6.45, 7) is 4.46. The van der Waals surface area contributed by atoms with Crippen molar-refractivity contribution < 1.29 is 0 Å². The highest BCUT2D eigenvalue weighted by atomic mass is 15.2. The smallest absolute Gasteiger partial charge is 0.0658 e. The number of hydrogen-bond acceptors (Lipinski definition) is 1. The Morgan fingerprint density at radius 3 is 2.94 bits per heavy atom. The number of benzene rings is 1. The molecule has 2 aliphatic rings. The first kappa shape index (κ1) is 10.2. The van der Waals surface area contributed by atoms with Gasteiger partial charge in [0.25, 0.3) is 0 Å². The minimum absolute atomic E-state index is 1.10. The second kappa shape index (κ2) is 3.41. The third-order valence-corrected chi connectivity index (χ3v) is 4.34. The molecule has 0 N–H and O–H groups in total. The Labute approximate surface area is 108 Å². The van der Waals surface area contributed by atoms with Gasteiger partial charge in [0.05, 0.1) is 11.4 Å². The van der Waals surface area contributed by atoms with Crippen molar-refractivity contribution in [2.75, 3.05) is 13.6 Å². The van der Waals surface area contributed by atoms with Crippen molar-refractivity contribution in [3.8, 4) is 0 Å². The van der Waals surface area contributed by atoms with Crippen LogP contribution in [0.3, 0.4) is 0 Å². The van der Waals surface area contributed by atoms with Gasteiger partial charge >= 0.3 is 0 Å². The lowest BCUT2D eigenvalue weighted by Gasteiger charge is -2.26. The quantitative estimate of drug-likeness (QED) is 0.683. The molecule has 2 heteroatoms. The van der Waals surface area contributed by atoms with E-state index in [9.17, 15) is 0 Å². The molecule has 2 aromatic rings. The van der Waals surface area contributed by atoms with Crippen LogP contribution >= 0.6 is 0 Å². The van der Waals surface area contributed by atoms with Crippen LogP contribution in [0.15, 0.2) is 29.8 Å². The number of nitrogens with zero attached hydrogens (tertiary/aromatic N) is 2. The Hall–Kier alpha value is -1.70. The highest BCUT2D eigenvalue weighted by molar-refractivity contribution is 5.88. The van der Waals surface area contributed by atoms with Gasteiger partial charge in [-0.1, -0.05) is 11.6 Å². The molecule has 2 nitrogen and oxygen atoms in total. The zero-order chi connectivity index (χ0) is 12.3. The molecule has 0 fully saturated rings. The molecule has 92 valence electrons. The van der Waals surface area contributed by atoms with Gasteiger partial charge in [0.15, 0.2) is 0 Å². The molecular weight excluding hydrogens is 220 g/mol. The molecule has 0 spiro atoms. The lowest BCUT2D eigenvalue weighted by molar-refractivity contribution is 0.442. The van der Waals surface area contributed by atoms with Crippen LogP contribution in [0.5, 0.6) is 0 Å². The predicted molar refractivity (Wildman–Crippen MR) is 75.5 cm³/mol. The third kappa shape index (κ3) is 1.23. The molecule has 18 heavy (non-hydrogen) atoms. The fourth-order valence-corrected chi connectivity index (χ4v) is 3.51. The van der Waals surface area contributed by atoms with Crippen LogP contribution in [0.2, 0.25) is 0 Å². The Morgan fingerprint density at radius 2 is 2.06 bits per heavy atom. The van der Waals surface area contributed by atoms with Gasteiger partial charge in [0.2, 0.25) is 0 Å². The van der Waals surface area contributed by atoms with Crippen LogP contribution in [0.1, 0.15) is 24.1 Å². The van der Waals surface area contributed by atoms with Crippen LogP contribution in [0, 0.1) is 6.92 Å². The number of allylic oxidation sites excluding steroid dienone is 1. The lowest BCUT2D eigenvalue weighted by Crippen LogP contribution is -2.22. The third-order valence-electron chi connectivity index (χ3n) is 4.34. The Morgan fingerprint density at radius 1 is 1.17 bits per heavy atom. The predicted octanol–water partition coefficient (Wildman–Crippen LogP) is 3.40.